The molecule has 2 nitrogen and oxygen atoms in total. The van der Waals surface area contributed by atoms with E-state index in [1.807, 2.05) is 55.6 Å². The molecule has 0 aliphatic carbocycles. The molecular weight excluding hydrogens is 290 g/mol. The zero-order valence-electron chi connectivity index (χ0n) is 10.2. The van der Waals surface area contributed by atoms with E-state index < -0.39 is 6.10 Å². The number of halogens is 1. The van der Waals surface area contributed by atoms with E-state index in [0.29, 0.717) is 0 Å². The summed E-state index contributed by atoms with van der Waals surface area (Å²) in [7, 11) is 1.91. The molecule has 0 heterocycles. The maximum absolute atomic E-state index is 10.4. The quantitative estimate of drug-likeness (QED) is 0.909. The summed E-state index contributed by atoms with van der Waals surface area (Å²) in [5.41, 5.74) is 2.98. The summed E-state index contributed by atoms with van der Waals surface area (Å²) < 4.78 is 0.977. The van der Waals surface area contributed by atoms with Crippen molar-refractivity contribution in [1.82, 2.24) is 5.32 Å². The predicted octanol–water partition coefficient (Wildman–Crippen LogP) is 3.25. The topological polar surface area (TPSA) is 32.3 Å². The number of benzene rings is 2. The highest BCUT2D eigenvalue weighted by atomic mass is 79.9. The van der Waals surface area contributed by atoms with Crippen LogP contribution in [0.4, 0.5) is 0 Å². The highest BCUT2D eigenvalue weighted by molar-refractivity contribution is 9.10. The van der Waals surface area contributed by atoms with Crippen molar-refractivity contribution >= 4 is 15.9 Å². The fourth-order valence-corrected chi connectivity index (χ4v) is 2.36. The second kappa shape index (κ2) is 6.14. The van der Waals surface area contributed by atoms with Crippen LogP contribution in [0.1, 0.15) is 22.8 Å². The van der Waals surface area contributed by atoms with E-state index in [-0.39, 0.29) is 0 Å². The maximum Gasteiger partial charge on any atom is 0.104 e. The molecule has 0 aliphatic heterocycles. The first-order valence-corrected chi connectivity index (χ1v) is 6.67. The van der Waals surface area contributed by atoms with Crippen molar-refractivity contribution < 1.29 is 5.11 Å². The van der Waals surface area contributed by atoms with E-state index in [2.05, 4.69) is 21.2 Å². The van der Waals surface area contributed by atoms with Gasteiger partial charge in [0.05, 0.1) is 0 Å². The number of hydrogen-bond acceptors (Lipinski definition) is 2. The summed E-state index contributed by atoms with van der Waals surface area (Å²) in [6.45, 7) is 0.805. The molecule has 0 saturated heterocycles. The van der Waals surface area contributed by atoms with Gasteiger partial charge in [-0.25, -0.2) is 0 Å². The molecule has 0 bridgehead atoms. The first-order chi connectivity index (χ1) is 8.70. The third-order valence-electron chi connectivity index (χ3n) is 2.81. The first kappa shape index (κ1) is 13.3. The SMILES string of the molecule is CNCc1cccc(C(O)c2cccc(Br)c2)c1. The minimum atomic E-state index is -0.584. The lowest BCUT2D eigenvalue weighted by Crippen LogP contribution is -2.06. The predicted molar refractivity (Wildman–Crippen MR) is 77.4 cm³/mol. The Morgan fingerprint density at radius 3 is 2.44 bits per heavy atom. The van der Waals surface area contributed by atoms with Gasteiger partial charge in [-0.3, -0.25) is 0 Å². The number of nitrogens with one attached hydrogen (secondary N) is 1. The van der Waals surface area contributed by atoms with Crippen molar-refractivity contribution in [2.75, 3.05) is 7.05 Å². The summed E-state index contributed by atoms with van der Waals surface area (Å²) in [6, 6.07) is 15.8. The van der Waals surface area contributed by atoms with Crippen LogP contribution in [-0.2, 0) is 6.54 Å². The number of aliphatic hydroxyl groups excluding tert-OH is 1. The monoisotopic (exact) mass is 305 g/mol. The molecule has 1 atom stereocenters. The Labute approximate surface area is 116 Å². The van der Waals surface area contributed by atoms with Crippen molar-refractivity contribution in [1.29, 1.82) is 0 Å². The molecule has 0 saturated carbocycles. The minimum Gasteiger partial charge on any atom is -0.384 e. The van der Waals surface area contributed by atoms with Gasteiger partial charge < -0.3 is 10.4 Å². The summed E-state index contributed by atoms with van der Waals surface area (Å²) >= 11 is 3.42. The summed E-state index contributed by atoms with van der Waals surface area (Å²) in [5, 5.41) is 13.5. The molecule has 0 radical (unpaired) electrons. The van der Waals surface area contributed by atoms with Crippen LogP contribution >= 0.6 is 15.9 Å². The molecule has 2 aromatic rings. The van der Waals surface area contributed by atoms with E-state index >= 15 is 0 Å². The van der Waals surface area contributed by atoms with Crippen molar-refractivity contribution in [3.05, 3.63) is 69.7 Å². The molecule has 0 aliphatic rings. The van der Waals surface area contributed by atoms with Crippen LogP contribution in [-0.4, -0.2) is 12.2 Å². The van der Waals surface area contributed by atoms with E-state index in [1.165, 1.54) is 5.56 Å². The molecule has 18 heavy (non-hydrogen) atoms. The zero-order valence-corrected chi connectivity index (χ0v) is 11.8. The van der Waals surface area contributed by atoms with Gasteiger partial charge in [-0.1, -0.05) is 52.3 Å². The van der Waals surface area contributed by atoms with Crippen molar-refractivity contribution in [2.24, 2.45) is 0 Å². The van der Waals surface area contributed by atoms with Crippen molar-refractivity contribution in [3.8, 4) is 0 Å². The number of aliphatic hydroxyl groups is 1. The standard InChI is InChI=1S/C15H16BrNO/c1-17-10-11-4-2-5-12(8-11)15(18)13-6-3-7-14(16)9-13/h2-9,15,17-18H,10H2,1H3. The van der Waals surface area contributed by atoms with Crippen LogP contribution in [0.3, 0.4) is 0 Å². The van der Waals surface area contributed by atoms with E-state index in [0.717, 1.165) is 22.1 Å². The smallest absolute Gasteiger partial charge is 0.104 e. The Bertz CT molecular complexity index is 527. The number of hydrogen-bond donors (Lipinski definition) is 2. The lowest BCUT2D eigenvalue weighted by atomic mass is 10.00. The Morgan fingerprint density at radius 2 is 1.78 bits per heavy atom. The molecule has 2 N–H and O–H groups in total. The van der Waals surface area contributed by atoms with Gasteiger partial charge in [-0.2, -0.15) is 0 Å². The summed E-state index contributed by atoms with van der Waals surface area (Å²) in [4.78, 5) is 0. The van der Waals surface area contributed by atoms with Crippen molar-refractivity contribution in [2.45, 2.75) is 12.6 Å². The van der Waals surface area contributed by atoms with Gasteiger partial charge in [-0.05, 0) is 35.9 Å². The fraction of sp³-hybridized carbons (Fsp3) is 0.200. The third kappa shape index (κ3) is 3.19. The van der Waals surface area contributed by atoms with E-state index in [1.54, 1.807) is 0 Å². The lowest BCUT2D eigenvalue weighted by Gasteiger charge is -2.13. The van der Waals surface area contributed by atoms with E-state index in [9.17, 15) is 5.11 Å². The highest BCUT2D eigenvalue weighted by Gasteiger charge is 2.10. The normalized spacial score (nSPS) is 12.4. The van der Waals surface area contributed by atoms with Gasteiger partial charge in [0.2, 0.25) is 0 Å². The molecule has 3 heteroatoms. The average Bonchev–Trinajstić information content (AvgIpc) is 2.39. The van der Waals surface area contributed by atoms with Crippen LogP contribution < -0.4 is 5.32 Å². The molecule has 0 spiro atoms. The Hall–Kier alpha value is -1.16. The zero-order chi connectivity index (χ0) is 13.0. The molecule has 0 aromatic heterocycles. The Kier molecular flexibility index (Phi) is 4.53. The molecule has 94 valence electrons. The van der Waals surface area contributed by atoms with Gasteiger partial charge >= 0.3 is 0 Å². The van der Waals surface area contributed by atoms with E-state index in [4.69, 9.17) is 0 Å². The Morgan fingerprint density at radius 1 is 1.11 bits per heavy atom. The largest absolute Gasteiger partial charge is 0.384 e. The van der Waals surface area contributed by atoms with Gasteiger partial charge in [-0.15, -0.1) is 0 Å². The van der Waals surface area contributed by atoms with Gasteiger partial charge in [0.25, 0.3) is 0 Å². The lowest BCUT2D eigenvalue weighted by molar-refractivity contribution is 0.220. The molecular formula is C15H16BrNO. The summed E-state index contributed by atoms with van der Waals surface area (Å²) in [5.74, 6) is 0. The van der Waals surface area contributed by atoms with Gasteiger partial charge in [0, 0.05) is 11.0 Å². The fourth-order valence-electron chi connectivity index (χ4n) is 1.95. The van der Waals surface area contributed by atoms with Crippen LogP contribution in [0, 0.1) is 0 Å². The molecule has 0 fully saturated rings. The van der Waals surface area contributed by atoms with Gasteiger partial charge in [0.1, 0.15) is 6.10 Å². The second-order valence-corrected chi connectivity index (χ2v) is 5.15. The van der Waals surface area contributed by atoms with Crippen molar-refractivity contribution in [3.63, 3.8) is 0 Å². The third-order valence-corrected chi connectivity index (χ3v) is 3.31. The van der Waals surface area contributed by atoms with Crippen LogP contribution in [0.2, 0.25) is 0 Å². The molecule has 2 rings (SSSR count). The highest BCUT2D eigenvalue weighted by Crippen LogP contribution is 2.24. The summed E-state index contributed by atoms with van der Waals surface area (Å²) in [6.07, 6.45) is -0.584. The molecule has 2 aromatic carbocycles. The average molecular weight is 306 g/mol. The minimum absolute atomic E-state index is 0.584. The molecule has 1 unspecified atom stereocenters. The second-order valence-electron chi connectivity index (χ2n) is 4.23. The van der Waals surface area contributed by atoms with Crippen LogP contribution in [0.15, 0.2) is 53.0 Å². The maximum atomic E-state index is 10.4. The van der Waals surface area contributed by atoms with Crippen LogP contribution in [0.25, 0.3) is 0 Å². The first-order valence-electron chi connectivity index (χ1n) is 5.87. The molecule has 0 amide bonds. The Balaban J connectivity index is 2.27. The number of rotatable bonds is 4. The van der Waals surface area contributed by atoms with Crippen LogP contribution in [0.5, 0.6) is 0 Å². The van der Waals surface area contributed by atoms with Gasteiger partial charge in [0.15, 0.2) is 0 Å².